The van der Waals surface area contributed by atoms with Crippen molar-refractivity contribution < 1.29 is 9.53 Å². The van der Waals surface area contributed by atoms with Crippen molar-refractivity contribution in [3.63, 3.8) is 0 Å². The second-order valence-corrected chi connectivity index (χ2v) is 6.54. The van der Waals surface area contributed by atoms with Gasteiger partial charge in [0.25, 0.3) is 0 Å². The van der Waals surface area contributed by atoms with Crippen LogP contribution in [0.4, 0.5) is 4.79 Å². The van der Waals surface area contributed by atoms with Gasteiger partial charge in [0, 0.05) is 19.0 Å². The fourth-order valence-corrected chi connectivity index (χ4v) is 3.12. The third kappa shape index (κ3) is 4.57. The Labute approximate surface area is 148 Å². The zero-order valence-electron chi connectivity index (χ0n) is 14.7. The summed E-state index contributed by atoms with van der Waals surface area (Å²) in [7, 11) is 0. The first-order valence-corrected chi connectivity index (χ1v) is 8.82. The predicted molar refractivity (Wildman–Crippen MR) is 98.2 cm³/mol. The first kappa shape index (κ1) is 17.4. The lowest BCUT2D eigenvalue weighted by atomic mass is 10.0. The van der Waals surface area contributed by atoms with Crippen molar-refractivity contribution in [1.82, 2.24) is 15.6 Å². The van der Waals surface area contributed by atoms with Crippen LogP contribution in [0.5, 0.6) is 0 Å². The molecule has 1 aliphatic heterocycles. The van der Waals surface area contributed by atoms with Crippen LogP contribution >= 0.6 is 0 Å². The van der Waals surface area contributed by atoms with Crippen LogP contribution in [0.3, 0.4) is 0 Å². The van der Waals surface area contributed by atoms with Gasteiger partial charge in [-0.25, -0.2) is 4.79 Å². The van der Waals surface area contributed by atoms with Crippen molar-refractivity contribution in [2.24, 2.45) is 0 Å². The first-order chi connectivity index (χ1) is 12.1. The van der Waals surface area contributed by atoms with Crippen LogP contribution < -0.4 is 10.6 Å². The Hall–Kier alpha value is -2.40. The summed E-state index contributed by atoms with van der Waals surface area (Å²) < 4.78 is 5.61. The second-order valence-electron chi connectivity index (χ2n) is 6.54. The van der Waals surface area contributed by atoms with Crippen molar-refractivity contribution in [3.8, 4) is 11.1 Å². The van der Waals surface area contributed by atoms with E-state index in [1.807, 2.05) is 44.3 Å². The van der Waals surface area contributed by atoms with Gasteiger partial charge >= 0.3 is 6.03 Å². The number of amides is 2. The van der Waals surface area contributed by atoms with E-state index in [0.717, 1.165) is 36.1 Å². The standard InChI is InChI=1S/C20H25N3O2/c1-14(22-20(24)23-15(2)19-6-4-12-25-19)16-7-9-17(10-8-16)18-5-3-11-21-13-18/h3,5,7-11,13-15,19H,4,6,12H2,1-2H3,(H2,22,23,24)/t14-,15-,19-/m0/s1. The average Bonchev–Trinajstić information content (AvgIpc) is 3.17. The number of benzene rings is 1. The Morgan fingerprint density at radius 3 is 2.60 bits per heavy atom. The van der Waals surface area contributed by atoms with E-state index in [1.54, 1.807) is 6.20 Å². The normalized spacial score (nSPS) is 19.2. The molecule has 0 unspecified atom stereocenters. The fraction of sp³-hybridized carbons (Fsp3) is 0.400. The van der Waals surface area contributed by atoms with Gasteiger partial charge in [-0.3, -0.25) is 4.98 Å². The largest absolute Gasteiger partial charge is 0.376 e. The van der Waals surface area contributed by atoms with E-state index >= 15 is 0 Å². The number of nitrogens with zero attached hydrogens (tertiary/aromatic N) is 1. The molecule has 1 saturated heterocycles. The summed E-state index contributed by atoms with van der Waals surface area (Å²) in [4.78, 5) is 16.3. The van der Waals surface area contributed by atoms with Gasteiger partial charge in [-0.2, -0.15) is 0 Å². The third-order valence-corrected chi connectivity index (χ3v) is 4.63. The molecule has 1 aromatic heterocycles. The van der Waals surface area contributed by atoms with Crippen molar-refractivity contribution in [2.75, 3.05) is 6.61 Å². The minimum Gasteiger partial charge on any atom is -0.376 e. The molecule has 0 aliphatic carbocycles. The lowest BCUT2D eigenvalue weighted by Gasteiger charge is -2.22. The molecule has 1 fully saturated rings. The molecule has 2 amide bonds. The van der Waals surface area contributed by atoms with Crippen LogP contribution in [-0.2, 0) is 4.74 Å². The number of urea groups is 1. The number of aromatic nitrogens is 1. The Bertz CT molecular complexity index is 682. The predicted octanol–water partition coefficient (Wildman–Crippen LogP) is 3.68. The fourth-order valence-electron chi connectivity index (χ4n) is 3.12. The van der Waals surface area contributed by atoms with Crippen LogP contribution in [0.15, 0.2) is 48.8 Å². The summed E-state index contributed by atoms with van der Waals surface area (Å²) in [5.41, 5.74) is 3.26. The Morgan fingerprint density at radius 1 is 1.16 bits per heavy atom. The highest BCUT2D eigenvalue weighted by molar-refractivity contribution is 5.74. The van der Waals surface area contributed by atoms with Crippen LogP contribution in [0.25, 0.3) is 11.1 Å². The van der Waals surface area contributed by atoms with Crippen molar-refractivity contribution >= 4 is 6.03 Å². The number of hydrogen-bond donors (Lipinski definition) is 2. The van der Waals surface area contributed by atoms with Gasteiger partial charge in [-0.15, -0.1) is 0 Å². The maximum atomic E-state index is 12.2. The Kier molecular flexibility index (Phi) is 5.66. The molecule has 2 N–H and O–H groups in total. The lowest BCUT2D eigenvalue weighted by Crippen LogP contribution is -2.46. The molecular weight excluding hydrogens is 314 g/mol. The second kappa shape index (κ2) is 8.12. The highest BCUT2D eigenvalue weighted by Gasteiger charge is 2.24. The molecule has 3 rings (SSSR count). The van der Waals surface area contributed by atoms with Gasteiger partial charge in [-0.05, 0) is 49.4 Å². The van der Waals surface area contributed by atoms with E-state index in [9.17, 15) is 4.79 Å². The van der Waals surface area contributed by atoms with Crippen molar-refractivity contribution in [1.29, 1.82) is 0 Å². The van der Waals surface area contributed by atoms with E-state index in [4.69, 9.17) is 4.74 Å². The van der Waals surface area contributed by atoms with Crippen LogP contribution in [-0.4, -0.2) is 29.8 Å². The van der Waals surface area contributed by atoms with Crippen LogP contribution in [0.2, 0.25) is 0 Å². The highest BCUT2D eigenvalue weighted by Crippen LogP contribution is 2.21. The van der Waals surface area contributed by atoms with Crippen molar-refractivity contribution in [3.05, 3.63) is 54.4 Å². The van der Waals surface area contributed by atoms with Crippen molar-refractivity contribution in [2.45, 2.75) is 44.9 Å². The molecule has 0 saturated carbocycles. The van der Waals surface area contributed by atoms with E-state index in [2.05, 4.69) is 27.8 Å². The summed E-state index contributed by atoms with van der Waals surface area (Å²) >= 11 is 0. The number of pyridine rings is 1. The minimum absolute atomic E-state index is 0.0163. The number of nitrogens with one attached hydrogen (secondary N) is 2. The van der Waals surface area contributed by atoms with Gasteiger partial charge in [-0.1, -0.05) is 30.3 Å². The lowest BCUT2D eigenvalue weighted by molar-refractivity contribution is 0.0859. The van der Waals surface area contributed by atoms with E-state index in [1.165, 1.54) is 0 Å². The summed E-state index contributed by atoms with van der Waals surface area (Å²) in [5.74, 6) is 0. The Morgan fingerprint density at radius 2 is 1.96 bits per heavy atom. The zero-order valence-corrected chi connectivity index (χ0v) is 14.7. The van der Waals surface area contributed by atoms with Crippen LogP contribution in [0, 0.1) is 0 Å². The summed E-state index contributed by atoms with van der Waals surface area (Å²) in [6.07, 6.45) is 5.81. The minimum atomic E-state index is -0.160. The molecule has 2 heterocycles. The molecule has 1 aromatic carbocycles. The monoisotopic (exact) mass is 339 g/mol. The van der Waals surface area contributed by atoms with Gasteiger partial charge in [0.2, 0.25) is 0 Å². The molecule has 0 spiro atoms. The van der Waals surface area contributed by atoms with E-state index in [0.29, 0.717) is 0 Å². The van der Waals surface area contributed by atoms with Gasteiger partial charge in [0.1, 0.15) is 0 Å². The number of rotatable bonds is 5. The zero-order chi connectivity index (χ0) is 17.6. The molecule has 132 valence electrons. The summed E-state index contributed by atoms with van der Waals surface area (Å²) in [5, 5.41) is 5.97. The number of carbonyl (C=O) groups is 1. The first-order valence-electron chi connectivity index (χ1n) is 8.82. The number of ether oxygens (including phenoxy) is 1. The molecule has 3 atom stereocenters. The smallest absolute Gasteiger partial charge is 0.315 e. The van der Waals surface area contributed by atoms with E-state index < -0.39 is 0 Å². The van der Waals surface area contributed by atoms with Gasteiger partial charge in [0.05, 0.1) is 18.2 Å². The van der Waals surface area contributed by atoms with Gasteiger partial charge in [0.15, 0.2) is 0 Å². The molecule has 1 aliphatic rings. The summed E-state index contributed by atoms with van der Waals surface area (Å²) in [6.45, 7) is 4.76. The summed E-state index contributed by atoms with van der Waals surface area (Å²) in [6, 6.07) is 11.9. The third-order valence-electron chi connectivity index (χ3n) is 4.63. The maximum absolute atomic E-state index is 12.2. The molecule has 5 nitrogen and oxygen atoms in total. The van der Waals surface area contributed by atoms with E-state index in [-0.39, 0.29) is 24.2 Å². The SMILES string of the molecule is C[C@H](NC(=O)N[C@@H](C)[C@@H]1CCCO1)c1ccc(-c2cccnc2)cc1. The van der Waals surface area contributed by atoms with Gasteiger partial charge < -0.3 is 15.4 Å². The topological polar surface area (TPSA) is 63.2 Å². The molecule has 2 aromatic rings. The molecule has 0 radical (unpaired) electrons. The quantitative estimate of drug-likeness (QED) is 0.873. The highest BCUT2D eigenvalue weighted by atomic mass is 16.5. The molecule has 25 heavy (non-hydrogen) atoms. The molecule has 5 heteroatoms. The Balaban J connectivity index is 1.55. The van der Waals surface area contributed by atoms with Crippen LogP contribution in [0.1, 0.15) is 38.3 Å². The molecular formula is C20H25N3O2. The molecule has 0 bridgehead atoms. The average molecular weight is 339 g/mol. The number of carbonyl (C=O) groups excluding carboxylic acids is 1. The maximum Gasteiger partial charge on any atom is 0.315 e. The number of hydrogen-bond acceptors (Lipinski definition) is 3.